The van der Waals surface area contributed by atoms with Gasteiger partial charge in [0.05, 0.1) is 5.01 Å². The van der Waals surface area contributed by atoms with Crippen molar-refractivity contribution in [3.63, 3.8) is 0 Å². The zero-order chi connectivity index (χ0) is 18.4. The predicted octanol–water partition coefficient (Wildman–Crippen LogP) is 3.59. The molecule has 1 atom stereocenters. The van der Waals surface area contributed by atoms with Crippen LogP contribution in [0.2, 0.25) is 0 Å². The molecule has 7 heteroatoms. The van der Waals surface area contributed by atoms with Gasteiger partial charge in [0.15, 0.2) is 5.96 Å². The van der Waals surface area contributed by atoms with E-state index in [9.17, 15) is 0 Å². The van der Waals surface area contributed by atoms with Gasteiger partial charge in [0.2, 0.25) is 0 Å². The van der Waals surface area contributed by atoms with E-state index in [0.29, 0.717) is 6.04 Å². The number of nitrogens with zero attached hydrogens (tertiary/aromatic N) is 3. The largest absolute Gasteiger partial charge is 0.369 e. The van der Waals surface area contributed by atoms with E-state index in [-0.39, 0.29) is 0 Å². The van der Waals surface area contributed by atoms with Crippen LogP contribution in [-0.4, -0.2) is 43.7 Å². The van der Waals surface area contributed by atoms with Crippen molar-refractivity contribution in [1.82, 2.24) is 15.6 Å². The first-order chi connectivity index (χ1) is 12.6. The van der Waals surface area contributed by atoms with Gasteiger partial charge < -0.3 is 15.5 Å². The van der Waals surface area contributed by atoms with Crippen LogP contribution in [0.5, 0.6) is 0 Å². The van der Waals surface area contributed by atoms with Crippen molar-refractivity contribution in [3.8, 4) is 0 Å². The van der Waals surface area contributed by atoms with Gasteiger partial charge in [0.1, 0.15) is 0 Å². The van der Waals surface area contributed by atoms with Crippen LogP contribution in [0.1, 0.15) is 23.5 Å². The smallest absolute Gasteiger partial charge is 0.191 e. The molecule has 0 spiro atoms. The standard InChI is InChI=1S/C19H26BrN5S/c1-14-13-26-18(23-14)4-3-10-22-19(21-2)24-16-9-11-25(12-16)17-7-5-15(20)6-8-17/h5-8,13,16H,3-4,9-12H2,1-2H3,(H2,21,22,24). The summed E-state index contributed by atoms with van der Waals surface area (Å²) in [5, 5.41) is 10.3. The molecule has 5 nitrogen and oxygen atoms in total. The van der Waals surface area contributed by atoms with Gasteiger partial charge in [-0.1, -0.05) is 15.9 Å². The number of rotatable bonds is 6. The van der Waals surface area contributed by atoms with E-state index in [1.165, 1.54) is 10.7 Å². The van der Waals surface area contributed by atoms with Crippen LogP contribution in [0.3, 0.4) is 0 Å². The molecule has 1 aromatic carbocycles. The summed E-state index contributed by atoms with van der Waals surface area (Å²) in [4.78, 5) is 11.3. The lowest BCUT2D eigenvalue weighted by Gasteiger charge is -2.20. The van der Waals surface area contributed by atoms with Crippen LogP contribution in [0.4, 0.5) is 5.69 Å². The second-order valence-corrected chi connectivity index (χ2v) is 8.40. The summed E-state index contributed by atoms with van der Waals surface area (Å²) in [6.45, 7) is 5.02. The Labute approximate surface area is 168 Å². The van der Waals surface area contributed by atoms with E-state index >= 15 is 0 Å². The van der Waals surface area contributed by atoms with Crippen molar-refractivity contribution in [2.45, 2.75) is 32.2 Å². The molecule has 1 aliphatic rings. The molecule has 3 rings (SSSR count). The first-order valence-electron chi connectivity index (χ1n) is 9.03. The summed E-state index contributed by atoms with van der Waals surface area (Å²) in [6.07, 6.45) is 3.20. The Morgan fingerprint density at radius 1 is 1.38 bits per heavy atom. The third kappa shape index (κ3) is 5.45. The van der Waals surface area contributed by atoms with Crippen LogP contribution in [0.25, 0.3) is 0 Å². The highest BCUT2D eigenvalue weighted by Gasteiger charge is 2.23. The molecular formula is C19H26BrN5S. The molecule has 1 saturated heterocycles. The topological polar surface area (TPSA) is 52.6 Å². The van der Waals surface area contributed by atoms with Gasteiger partial charge in [-0.25, -0.2) is 4.98 Å². The minimum atomic E-state index is 0.423. The maximum Gasteiger partial charge on any atom is 0.191 e. The lowest BCUT2D eigenvalue weighted by atomic mass is 10.2. The predicted molar refractivity (Wildman–Crippen MR) is 114 cm³/mol. The minimum absolute atomic E-state index is 0.423. The Bertz CT molecular complexity index is 728. The lowest BCUT2D eigenvalue weighted by molar-refractivity contribution is 0.643. The summed E-state index contributed by atoms with van der Waals surface area (Å²) in [5.74, 6) is 0.892. The van der Waals surface area contributed by atoms with Crippen molar-refractivity contribution in [1.29, 1.82) is 0 Å². The number of guanidine groups is 1. The Balaban J connectivity index is 1.40. The molecule has 1 aliphatic heterocycles. The Kier molecular flexibility index (Phi) is 6.91. The highest BCUT2D eigenvalue weighted by atomic mass is 79.9. The fraction of sp³-hybridized carbons (Fsp3) is 0.474. The van der Waals surface area contributed by atoms with Crippen molar-refractivity contribution in [2.75, 3.05) is 31.6 Å². The molecule has 140 valence electrons. The van der Waals surface area contributed by atoms with E-state index in [0.717, 1.165) is 55.0 Å². The molecule has 1 fully saturated rings. The number of anilines is 1. The van der Waals surface area contributed by atoms with Gasteiger partial charge in [-0.2, -0.15) is 0 Å². The molecular weight excluding hydrogens is 410 g/mol. The Morgan fingerprint density at radius 2 is 2.19 bits per heavy atom. The number of aromatic nitrogens is 1. The van der Waals surface area contributed by atoms with E-state index in [1.54, 1.807) is 11.3 Å². The van der Waals surface area contributed by atoms with Gasteiger partial charge in [-0.05, 0) is 44.0 Å². The van der Waals surface area contributed by atoms with Crippen molar-refractivity contribution in [3.05, 3.63) is 44.8 Å². The minimum Gasteiger partial charge on any atom is -0.369 e. The highest BCUT2D eigenvalue weighted by Crippen LogP contribution is 2.22. The number of thiazole rings is 1. The van der Waals surface area contributed by atoms with Gasteiger partial charge in [0.25, 0.3) is 0 Å². The molecule has 0 bridgehead atoms. The molecule has 2 heterocycles. The van der Waals surface area contributed by atoms with Crippen molar-refractivity contribution < 1.29 is 0 Å². The van der Waals surface area contributed by atoms with Gasteiger partial charge >= 0.3 is 0 Å². The summed E-state index contributed by atoms with van der Waals surface area (Å²) < 4.78 is 1.12. The quantitative estimate of drug-likeness (QED) is 0.413. The molecule has 1 unspecified atom stereocenters. The van der Waals surface area contributed by atoms with Crippen molar-refractivity contribution in [2.24, 2.45) is 4.99 Å². The summed E-state index contributed by atoms with van der Waals surface area (Å²) in [6, 6.07) is 8.95. The zero-order valence-corrected chi connectivity index (χ0v) is 17.7. The second-order valence-electron chi connectivity index (χ2n) is 6.54. The molecule has 0 amide bonds. The van der Waals surface area contributed by atoms with E-state index in [1.807, 2.05) is 14.0 Å². The number of benzene rings is 1. The van der Waals surface area contributed by atoms with Gasteiger partial charge in [0, 0.05) is 60.4 Å². The number of hydrogen-bond acceptors (Lipinski definition) is 4. The average Bonchev–Trinajstić information content (AvgIpc) is 3.27. The number of hydrogen-bond donors (Lipinski definition) is 2. The monoisotopic (exact) mass is 435 g/mol. The normalized spacial score (nSPS) is 17.6. The zero-order valence-electron chi connectivity index (χ0n) is 15.3. The van der Waals surface area contributed by atoms with Crippen LogP contribution in [0.15, 0.2) is 39.1 Å². The molecule has 2 aromatic rings. The van der Waals surface area contributed by atoms with Crippen molar-refractivity contribution >= 4 is 38.9 Å². The van der Waals surface area contributed by atoms with Gasteiger partial charge in [-0.15, -0.1) is 11.3 Å². The first kappa shape index (κ1) is 19.2. The maximum atomic E-state index is 4.51. The Hall–Kier alpha value is -1.60. The summed E-state index contributed by atoms with van der Waals surface area (Å²) >= 11 is 5.24. The van der Waals surface area contributed by atoms with Gasteiger partial charge in [-0.3, -0.25) is 4.99 Å². The number of aryl methyl sites for hydroxylation is 2. The van der Waals surface area contributed by atoms with E-state index < -0.39 is 0 Å². The number of nitrogens with one attached hydrogen (secondary N) is 2. The lowest BCUT2D eigenvalue weighted by Crippen LogP contribution is -2.44. The average molecular weight is 436 g/mol. The number of halogens is 1. The Morgan fingerprint density at radius 3 is 2.88 bits per heavy atom. The maximum absolute atomic E-state index is 4.51. The van der Waals surface area contributed by atoms with Crippen LogP contribution < -0.4 is 15.5 Å². The second kappa shape index (κ2) is 9.37. The first-order valence-corrected chi connectivity index (χ1v) is 10.7. The van der Waals surface area contributed by atoms with Crippen LogP contribution in [0, 0.1) is 6.92 Å². The molecule has 0 aliphatic carbocycles. The molecule has 0 radical (unpaired) electrons. The highest BCUT2D eigenvalue weighted by molar-refractivity contribution is 9.10. The SMILES string of the molecule is CN=C(NCCCc1nc(C)cs1)NC1CCN(c2ccc(Br)cc2)C1. The summed E-state index contributed by atoms with van der Waals surface area (Å²) in [7, 11) is 1.83. The number of aliphatic imine (C=N–C) groups is 1. The van der Waals surface area contributed by atoms with E-state index in [4.69, 9.17) is 0 Å². The van der Waals surface area contributed by atoms with E-state index in [2.05, 4.69) is 71.1 Å². The fourth-order valence-corrected chi connectivity index (χ4v) is 4.20. The molecule has 1 aromatic heterocycles. The van der Waals surface area contributed by atoms with Crippen LogP contribution >= 0.6 is 27.3 Å². The molecule has 2 N–H and O–H groups in total. The fourth-order valence-electron chi connectivity index (χ4n) is 3.12. The third-order valence-corrected chi connectivity index (χ3v) is 6.03. The molecule has 26 heavy (non-hydrogen) atoms. The third-order valence-electron chi connectivity index (χ3n) is 4.47. The van der Waals surface area contributed by atoms with Crippen LogP contribution in [-0.2, 0) is 6.42 Å². The summed E-state index contributed by atoms with van der Waals surface area (Å²) in [5.41, 5.74) is 2.39. The molecule has 0 saturated carbocycles.